The zero-order valence-corrected chi connectivity index (χ0v) is 22.7. The first kappa shape index (κ1) is 27.5. The van der Waals surface area contributed by atoms with E-state index in [0.717, 1.165) is 66.2 Å². The van der Waals surface area contributed by atoms with E-state index in [2.05, 4.69) is 59.6 Å². The molecule has 0 spiro atoms. The number of ether oxygens (including phenoxy) is 3. The molecule has 2 aliphatic rings. The molecule has 7 nitrogen and oxygen atoms in total. The molecule has 7 heteroatoms. The van der Waals surface area contributed by atoms with Gasteiger partial charge in [-0.3, -0.25) is 9.69 Å². The van der Waals surface area contributed by atoms with E-state index >= 15 is 0 Å². The van der Waals surface area contributed by atoms with Crippen LogP contribution in [0.1, 0.15) is 48.5 Å². The van der Waals surface area contributed by atoms with Gasteiger partial charge in [-0.1, -0.05) is 79.7 Å². The number of benzene rings is 3. The zero-order chi connectivity index (χ0) is 27.2. The molecule has 2 N–H and O–H groups in total. The maximum absolute atomic E-state index is 11.5. The van der Waals surface area contributed by atoms with Crippen LogP contribution in [0.4, 0.5) is 0 Å². The highest BCUT2D eigenvalue weighted by atomic mass is 16.7. The zero-order valence-electron chi connectivity index (χ0n) is 22.7. The Balaban J connectivity index is 1.39. The van der Waals surface area contributed by atoms with Gasteiger partial charge in [0.15, 0.2) is 6.29 Å². The molecule has 4 atom stereocenters. The lowest BCUT2D eigenvalue weighted by atomic mass is 9.90. The van der Waals surface area contributed by atoms with E-state index in [1.807, 2.05) is 30.3 Å². The highest BCUT2D eigenvalue weighted by Gasteiger charge is 2.39. The molecule has 3 aromatic carbocycles. The molecule has 206 valence electrons. The molecule has 0 bridgehead atoms. The first-order valence-electron chi connectivity index (χ1n) is 13.7. The van der Waals surface area contributed by atoms with E-state index in [1.54, 1.807) is 0 Å². The van der Waals surface area contributed by atoms with Gasteiger partial charge in [0.05, 0.1) is 32.0 Å². The maximum Gasteiger partial charge on any atom is 0.217 e. The average molecular weight is 531 g/mol. The Bertz CT molecular complexity index is 1220. The Hall–Kier alpha value is -3.07. The molecule has 0 saturated carbocycles. The van der Waals surface area contributed by atoms with Crippen LogP contribution in [-0.2, 0) is 32.2 Å². The van der Waals surface area contributed by atoms with E-state index in [9.17, 15) is 9.90 Å². The third-order valence-corrected chi connectivity index (χ3v) is 7.70. The topological polar surface area (TPSA) is 80.3 Å². The molecule has 2 saturated heterocycles. The van der Waals surface area contributed by atoms with Crippen molar-refractivity contribution < 1.29 is 24.1 Å². The van der Waals surface area contributed by atoms with E-state index in [4.69, 9.17) is 14.2 Å². The van der Waals surface area contributed by atoms with Crippen molar-refractivity contribution >= 4 is 5.91 Å². The summed E-state index contributed by atoms with van der Waals surface area (Å²) in [4.78, 5) is 13.9. The van der Waals surface area contributed by atoms with Gasteiger partial charge in [0.25, 0.3) is 0 Å². The number of hydrogen-bond donors (Lipinski definition) is 2. The van der Waals surface area contributed by atoms with Crippen LogP contribution in [-0.4, -0.2) is 54.9 Å². The van der Waals surface area contributed by atoms with Crippen LogP contribution in [0, 0.1) is 5.92 Å². The fourth-order valence-electron chi connectivity index (χ4n) is 5.36. The Kier molecular flexibility index (Phi) is 9.06. The van der Waals surface area contributed by atoms with Crippen LogP contribution in [0.25, 0.3) is 11.1 Å². The number of hydrogen-bond acceptors (Lipinski definition) is 6. The molecular weight excluding hydrogens is 492 g/mol. The largest absolute Gasteiger partial charge is 0.392 e. The van der Waals surface area contributed by atoms with Crippen molar-refractivity contribution in [2.24, 2.45) is 5.92 Å². The normalized spacial score (nSPS) is 23.9. The highest BCUT2D eigenvalue weighted by Crippen LogP contribution is 2.42. The number of nitrogens with one attached hydrogen (secondary N) is 1. The first-order valence-corrected chi connectivity index (χ1v) is 13.7. The van der Waals surface area contributed by atoms with Gasteiger partial charge in [0.2, 0.25) is 5.91 Å². The molecule has 2 aliphatic heterocycles. The van der Waals surface area contributed by atoms with Gasteiger partial charge in [-0.2, -0.15) is 0 Å². The van der Waals surface area contributed by atoms with Gasteiger partial charge < -0.3 is 24.6 Å². The summed E-state index contributed by atoms with van der Waals surface area (Å²) in [7, 11) is 0. The van der Waals surface area contributed by atoms with Gasteiger partial charge in [-0.25, -0.2) is 0 Å². The summed E-state index contributed by atoms with van der Waals surface area (Å²) in [5.41, 5.74) is 6.16. The molecule has 39 heavy (non-hydrogen) atoms. The summed E-state index contributed by atoms with van der Waals surface area (Å²) in [5.74, 6) is 0.0946. The summed E-state index contributed by atoms with van der Waals surface area (Å²) in [6, 6.07) is 24.5. The van der Waals surface area contributed by atoms with Crippen molar-refractivity contribution in [3.05, 3.63) is 95.1 Å². The molecule has 3 aromatic rings. The lowest BCUT2D eigenvalue weighted by Gasteiger charge is -2.43. The standard InChI is InChI=1S/C32H38N2O5/c1-22-30(20-34-15-17-37-18-16-34)38-32(39-31(22)26-9-7-24(21-35)8-10-26)27-13-11-25(12-14-27)29-6-4-3-5-28(29)19-33-23(2)36/h3-14,22,30-32,35H,15-21H2,1-2H3,(H,33,36)/t22-,30+,31+,32+/m1/s1. The Labute approximate surface area is 230 Å². The van der Waals surface area contributed by atoms with Gasteiger partial charge in [0.1, 0.15) is 0 Å². The van der Waals surface area contributed by atoms with E-state index in [1.165, 1.54) is 6.92 Å². The quantitative estimate of drug-likeness (QED) is 0.443. The number of amides is 1. The molecule has 0 aromatic heterocycles. The van der Waals surface area contributed by atoms with Crippen molar-refractivity contribution in [3.63, 3.8) is 0 Å². The Morgan fingerprint density at radius 1 is 0.949 bits per heavy atom. The predicted molar refractivity (Wildman–Crippen MR) is 150 cm³/mol. The second kappa shape index (κ2) is 12.9. The molecular formula is C32H38N2O5. The smallest absolute Gasteiger partial charge is 0.217 e. The van der Waals surface area contributed by atoms with Crippen LogP contribution in [0.5, 0.6) is 0 Å². The Morgan fingerprint density at radius 3 is 2.33 bits per heavy atom. The fraction of sp³-hybridized carbons (Fsp3) is 0.406. The molecule has 0 unspecified atom stereocenters. The molecule has 0 radical (unpaired) electrons. The first-order chi connectivity index (χ1) is 19.0. The summed E-state index contributed by atoms with van der Waals surface area (Å²) in [6.07, 6.45) is -0.651. The minimum Gasteiger partial charge on any atom is -0.392 e. The third-order valence-electron chi connectivity index (χ3n) is 7.70. The van der Waals surface area contributed by atoms with Crippen LogP contribution >= 0.6 is 0 Å². The van der Waals surface area contributed by atoms with Gasteiger partial charge >= 0.3 is 0 Å². The van der Waals surface area contributed by atoms with E-state index < -0.39 is 6.29 Å². The molecule has 0 aliphatic carbocycles. The van der Waals surface area contributed by atoms with Gasteiger partial charge in [-0.15, -0.1) is 0 Å². The predicted octanol–water partition coefficient (Wildman–Crippen LogP) is 4.61. The van der Waals surface area contributed by atoms with Crippen LogP contribution in [0.2, 0.25) is 0 Å². The average Bonchev–Trinajstić information content (AvgIpc) is 2.98. The monoisotopic (exact) mass is 530 g/mol. The maximum atomic E-state index is 11.5. The van der Waals surface area contributed by atoms with E-state index in [0.29, 0.717) is 6.54 Å². The molecule has 1 amide bonds. The molecule has 2 fully saturated rings. The summed E-state index contributed by atoms with van der Waals surface area (Å²) < 4.78 is 18.8. The lowest BCUT2D eigenvalue weighted by Crippen LogP contribution is -2.47. The number of carbonyl (C=O) groups excluding carboxylic acids is 1. The number of rotatable bonds is 8. The van der Waals surface area contributed by atoms with Crippen molar-refractivity contribution in [2.45, 2.75) is 45.5 Å². The Morgan fingerprint density at radius 2 is 1.64 bits per heavy atom. The number of nitrogens with zero attached hydrogens (tertiary/aromatic N) is 1. The second-order valence-corrected chi connectivity index (χ2v) is 10.4. The molecule has 2 heterocycles. The number of morpholine rings is 1. The second-order valence-electron chi connectivity index (χ2n) is 10.4. The number of aliphatic hydroxyl groups excluding tert-OH is 1. The van der Waals surface area contributed by atoms with Crippen LogP contribution in [0.3, 0.4) is 0 Å². The third kappa shape index (κ3) is 6.75. The van der Waals surface area contributed by atoms with E-state index in [-0.39, 0.29) is 30.6 Å². The van der Waals surface area contributed by atoms with Crippen LogP contribution < -0.4 is 5.32 Å². The number of aliphatic hydroxyl groups is 1. The fourth-order valence-corrected chi connectivity index (χ4v) is 5.36. The van der Waals surface area contributed by atoms with Crippen molar-refractivity contribution in [2.75, 3.05) is 32.8 Å². The van der Waals surface area contributed by atoms with Gasteiger partial charge in [0, 0.05) is 44.6 Å². The molecule has 5 rings (SSSR count). The van der Waals surface area contributed by atoms with Gasteiger partial charge in [-0.05, 0) is 27.8 Å². The highest BCUT2D eigenvalue weighted by molar-refractivity contribution is 5.74. The van der Waals surface area contributed by atoms with Crippen molar-refractivity contribution in [3.8, 4) is 11.1 Å². The lowest BCUT2D eigenvalue weighted by molar-refractivity contribution is -0.277. The van der Waals surface area contributed by atoms with Crippen LogP contribution in [0.15, 0.2) is 72.8 Å². The summed E-state index contributed by atoms with van der Waals surface area (Å²) in [5, 5.41) is 12.4. The summed E-state index contributed by atoms with van der Waals surface area (Å²) >= 11 is 0. The van der Waals surface area contributed by atoms with Crippen molar-refractivity contribution in [1.29, 1.82) is 0 Å². The number of carbonyl (C=O) groups is 1. The van der Waals surface area contributed by atoms with Crippen molar-refractivity contribution in [1.82, 2.24) is 10.2 Å². The minimum absolute atomic E-state index is 0.0116. The summed E-state index contributed by atoms with van der Waals surface area (Å²) in [6.45, 7) is 8.36. The minimum atomic E-state index is -0.501. The SMILES string of the molecule is CC(=O)NCc1ccccc1-c1ccc([C@H]2O[C@@H](CN3CCOCC3)[C@@H](C)[C@@H](c3ccc(CO)cc3)O2)cc1.